The first-order chi connectivity index (χ1) is 8.55. The molecule has 6 heteroatoms. The zero-order chi connectivity index (χ0) is 12.8. The van der Waals surface area contributed by atoms with Gasteiger partial charge in [0.2, 0.25) is 0 Å². The van der Waals surface area contributed by atoms with Gasteiger partial charge in [-0.1, -0.05) is 6.42 Å². The highest BCUT2D eigenvalue weighted by atomic mass is 19.4. The normalized spacial score (nSPS) is 29.5. The molecule has 0 aliphatic heterocycles. The first kappa shape index (κ1) is 12.0. The molecule has 100 valence electrons. The fourth-order valence-electron chi connectivity index (χ4n) is 2.90. The number of hydrogen-bond acceptors (Lipinski definition) is 2. The zero-order valence-corrected chi connectivity index (χ0v) is 10.0. The molecule has 2 aliphatic rings. The van der Waals surface area contributed by atoms with Crippen LogP contribution in [-0.4, -0.2) is 20.9 Å². The first-order valence-electron chi connectivity index (χ1n) is 6.52. The van der Waals surface area contributed by atoms with Crippen molar-refractivity contribution in [2.24, 2.45) is 5.92 Å². The van der Waals surface area contributed by atoms with E-state index < -0.39 is 12.1 Å². The van der Waals surface area contributed by atoms with Crippen molar-refractivity contribution in [3.05, 3.63) is 12.2 Å². The molecule has 2 atom stereocenters. The SMILES string of the molecule is FC(F)(F)C1CCCC(c2nncn2C2CC2)C1. The van der Waals surface area contributed by atoms with Crippen molar-refractivity contribution >= 4 is 0 Å². The van der Waals surface area contributed by atoms with Crippen LogP contribution < -0.4 is 0 Å². The Morgan fingerprint density at radius 3 is 2.61 bits per heavy atom. The summed E-state index contributed by atoms with van der Waals surface area (Å²) in [7, 11) is 0. The van der Waals surface area contributed by atoms with Crippen LogP contribution in [0, 0.1) is 5.92 Å². The van der Waals surface area contributed by atoms with Crippen LogP contribution in [0.3, 0.4) is 0 Å². The van der Waals surface area contributed by atoms with Gasteiger partial charge in [-0.15, -0.1) is 10.2 Å². The number of rotatable bonds is 2. The number of hydrogen-bond donors (Lipinski definition) is 0. The number of nitrogens with zero attached hydrogens (tertiary/aromatic N) is 3. The molecule has 18 heavy (non-hydrogen) atoms. The van der Waals surface area contributed by atoms with E-state index in [4.69, 9.17) is 0 Å². The molecule has 1 aromatic heterocycles. The Morgan fingerprint density at radius 1 is 1.17 bits per heavy atom. The van der Waals surface area contributed by atoms with Gasteiger partial charge >= 0.3 is 6.18 Å². The Hall–Kier alpha value is -1.07. The summed E-state index contributed by atoms with van der Waals surface area (Å²) in [4.78, 5) is 0. The van der Waals surface area contributed by atoms with Crippen LogP contribution >= 0.6 is 0 Å². The van der Waals surface area contributed by atoms with Crippen LogP contribution in [0.15, 0.2) is 6.33 Å². The second-order valence-electron chi connectivity index (χ2n) is 5.43. The van der Waals surface area contributed by atoms with Gasteiger partial charge in [-0.3, -0.25) is 0 Å². The summed E-state index contributed by atoms with van der Waals surface area (Å²) in [6.07, 6.45) is 1.67. The second-order valence-corrected chi connectivity index (χ2v) is 5.43. The molecule has 2 unspecified atom stereocenters. The minimum atomic E-state index is -4.07. The predicted molar refractivity (Wildman–Crippen MR) is 59.0 cm³/mol. The van der Waals surface area contributed by atoms with Crippen LogP contribution in [0.2, 0.25) is 0 Å². The van der Waals surface area contributed by atoms with E-state index in [0.717, 1.165) is 25.1 Å². The van der Waals surface area contributed by atoms with E-state index >= 15 is 0 Å². The minimum absolute atomic E-state index is 0.0755. The maximum atomic E-state index is 12.8. The molecule has 0 N–H and O–H groups in total. The molecular formula is C12H16F3N3. The molecule has 0 spiro atoms. The van der Waals surface area contributed by atoms with Crippen LogP contribution in [0.1, 0.15) is 56.3 Å². The summed E-state index contributed by atoms with van der Waals surface area (Å²) < 4.78 is 40.3. The Kier molecular flexibility index (Phi) is 2.83. The molecule has 1 aromatic rings. The van der Waals surface area contributed by atoms with Gasteiger partial charge in [-0.25, -0.2) is 0 Å². The summed E-state index contributed by atoms with van der Waals surface area (Å²) in [5.74, 6) is -0.472. The quantitative estimate of drug-likeness (QED) is 0.814. The maximum absolute atomic E-state index is 12.8. The zero-order valence-electron chi connectivity index (χ0n) is 10.0. The van der Waals surface area contributed by atoms with Crippen molar-refractivity contribution in [1.82, 2.24) is 14.8 Å². The average Bonchev–Trinajstić information content (AvgIpc) is 3.06. The van der Waals surface area contributed by atoms with E-state index in [1.807, 2.05) is 4.57 Å². The highest BCUT2D eigenvalue weighted by Gasteiger charge is 2.43. The van der Waals surface area contributed by atoms with Crippen LogP contribution in [-0.2, 0) is 0 Å². The topological polar surface area (TPSA) is 30.7 Å². The van der Waals surface area contributed by atoms with Crippen LogP contribution in [0.4, 0.5) is 13.2 Å². The van der Waals surface area contributed by atoms with Crippen molar-refractivity contribution in [3.63, 3.8) is 0 Å². The van der Waals surface area contributed by atoms with E-state index in [0.29, 0.717) is 12.5 Å². The minimum Gasteiger partial charge on any atom is -0.314 e. The summed E-state index contributed by atoms with van der Waals surface area (Å²) in [5, 5.41) is 7.94. The molecule has 2 saturated carbocycles. The standard InChI is InChI=1S/C12H16F3N3/c13-12(14,15)9-3-1-2-8(6-9)11-17-16-7-18(11)10-4-5-10/h7-10H,1-6H2. The summed E-state index contributed by atoms with van der Waals surface area (Å²) >= 11 is 0. The maximum Gasteiger partial charge on any atom is 0.391 e. The van der Waals surface area contributed by atoms with E-state index in [-0.39, 0.29) is 18.8 Å². The van der Waals surface area contributed by atoms with Crippen molar-refractivity contribution in [2.75, 3.05) is 0 Å². The van der Waals surface area contributed by atoms with E-state index in [2.05, 4.69) is 10.2 Å². The van der Waals surface area contributed by atoms with Gasteiger partial charge in [0, 0.05) is 12.0 Å². The Morgan fingerprint density at radius 2 is 1.94 bits per heavy atom. The van der Waals surface area contributed by atoms with Crippen molar-refractivity contribution in [1.29, 1.82) is 0 Å². The van der Waals surface area contributed by atoms with Gasteiger partial charge in [0.15, 0.2) is 0 Å². The number of alkyl halides is 3. The van der Waals surface area contributed by atoms with Crippen LogP contribution in [0.5, 0.6) is 0 Å². The van der Waals surface area contributed by atoms with Gasteiger partial charge in [0.25, 0.3) is 0 Å². The number of aromatic nitrogens is 3. The Balaban J connectivity index is 1.77. The molecule has 0 aromatic carbocycles. The molecule has 1 heterocycles. The van der Waals surface area contributed by atoms with Crippen molar-refractivity contribution < 1.29 is 13.2 Å². The highest BCUT2D eigenvalue weighted by Crippen LogP contribution is 2.45. The Bertz CT molecular complexity index is 422. The molecular weight excluding hydrogens is 243 g/mol. The highest BCUT2D eigenvalue weighted by molar-refractivity contribution is 5.03. The molecule has 0 bridgehead atoms. The average molecular weight is 259 g/mol. The lowest BCUT2D eigenvalue weighted by Crippen LogP contribution is -2.29. The van der Waals surface area contributed by atoms with Gasteiger partial charge < -0.3 is 4.57 Å². The summed E-state index contributed by atoms with van der Waals surface area (Å²) in [5.41, 5.74) is 0. The van der Waals surface area contributed by atoms with Gasteiger partial charge in [0.05, 0.1) is 5.92 Å². The third kappa shape index (κ3) is 2.24. The van der Waals surface area contributed by atoms with Crippen LogP contribution in [0.25, 0.3) is 0 Å². The summed E-state index contributed by atoms with van der Waals surface area (Å²) in [6, 6.07) is 0.432. The van der Waals surface area contributed by atoms with E-state index in [9.17, 15) is 13.2 Å². The van der Waals surface area contributed by atoms with Gasteiger partial charge in [0.1, 0.15) is 12.2 Å². The lowest BCUT2D eigenvalue weighted by atomic mass is 9.80. The third-order valence-electron chi connectivity index (χ3n) is 4.04. The monoisotopic (exact) mass is 259 g/mol. The summed E-state index contributed by atoms with van der Waals surface area (Å²) in [6.45, 7) is 0. The predicted octanol–water partition coefficient (Wildman–Crippen LogP) is 3.45. The van der Waals surface area contributed by atoms with E-state index in [1.54, 1.807) is 6.33 Å². The molecule has 2 aliphatic carbocycles. The molecule has 3 nitrogen and oxygen atoms in total. The van der Waals surface area contributed by atoms with E-state index in [1.165, 1.54) is 0 Å². The number of halogens is 3. The first-order valence-corrected chi connectivity index (χ1v) is 6.52. The molecule has 0 amide bonds. The van der Waals surface area contributed by atoms with Crippen molar-refractivity contribution in [3.8, 4) is 0 Å². The fourth-order valence-corrected chi connectivity index (χ4v) is 2.90. The molecule has 2 fully saturated rings. The van der Waals surface area contributed by atoms with Gasteiger partial charge in [-0.2, -0.15) is 13.2 Å². The van der Waals surface area contributed by atoms with Gasteiger partial charge in [-0.05, 0) is 32.1 Å². The fraction of sp³-hybridized carbons (Fsp3) is 0.833. The van der Waals surface area contributed by atoms with Crippen molar-refractivity contribution in [2.45, 2.75) is 56.7 Å². The third-order valence-corrected chi connectivity index (χ3v) is 4.04. The lowest BCUT2D eigenvalue weighted by Gasteiger charge is -2.30. The molecule has 0 radical (unpaired) electrons. The largest absolute Gasteiger partial charge is 0.391 e. The molecule has 3 rings (SSSR count). The Labute approximate surface area is 103 Å². The smallest absolute Gasteiger partial charge is 0.314 e. The molecule has 0 saturated heterocycles. The second kappa shape index (κ2) is 4.24. The lowest BCUT2D eigenvalue weighted by molar-refractivity contribution is -0.183.